The number of nitrogens with zero attached hydrogens (tertiary/aromatic N) is 2. The van der Waals surface area contributed by atoms with Crippen LogP contribution in [0.3, 0.4) is 0 Å². The molecule has 0 atom stereocenters. The molecular formula is C22H24BrFN4O3. The van der Waals surface area contributed by atoms with Crippen molar-refractivity contribution in [1.82, 2.24) is 15.2 Å². The topological polar surface area (TPSA) is 91.4 Å². The van der Waals surface area contributed by atoms with E-state index in [-0.39, 0.29) is 36.3 Å². The number of aromatic nitrogens is 1. The zero-order valence-electron chi connectivity index (χ0n) is 17.2. The maximum Gasteiger partial charge on any atom is 0.252 e. The minimum absolute atomic E-state index is 0.0855. The van der Waals surface area contributed by atoms with Crippen molar-refractivity contribution >= 4 is 39.5 Å². The monoisotopic (exact) mass is 490 g/mol. The van der Waals surface area contributed by atoms with Gasteiger partial charge in [-0.2, -0.15) is 0 Å². The van der Waals surface area contributed by atoms with E-state index in [1.165, 1.54) is 12.1 Å². The second-order valence-electron chi connectivity index (χ2n) is 7.50. The Kier molecular flexibility index (Phi) is 7.73. The average Bonchev–Trinajstić information content (AvgIpc) is 2.77. The molecular weight excluding hydrogens is 467 g/mol. The number of benzene rings is 1. The number of likely N-dealkylation sites (tertiary alicyclic amines) is 1. The summed E-state index contributed by atoms with van der Waals surface area (Å²) < 4.78 is 13.8. The first-order valence-electron chi connectivity index (χ1n) is 10.1. The quantitative estimate of drug-likeness (QED) is 0.649. The average molecular weight is 491 g/mol. The van der Waals surface area contributed by atoms with Gasteiger partial charge in [-0.3, -0.25) is 14.4 Å². The standard InChI is InChI=1S/C22H24BrFN4O3/c1-14-2-5-19(26-13-14)27-21(30)15-7-10-28(11-8-15)20(29)6-9-25-22(31)17-12-16(24)3-4-18(17)23/h2-5,12-13,15H,6-11H2,1H3,(H,25,31)(H,26,27,30). The second kappa shape index (κ2) is 10.5. The minimum atomic E-state index is -0.505. The van der Waals surface area contributed by atoms with E-state index in [9.17, 15) is 18.8 Å². The zero-order valence-corrected chi connectivity index (χ0v) is 18.7. The molecule has 0 spiro atoms. The van der Waals surface area contributed by atoms with E-state index >= 15 is 0 Å². The molecule has 2 aromatic rings. The van der Waals surface area contributed by atoms with Crippen molar-refractivity contribution in [2.24, 2.45) is 5.92 Å². The van der Waals surface area contributed by atoms with Gasteiger partial charge in [-0.25, -0.2) is 9.37 Å². The van der Waals surface area contributed by atoms with Crippen LogP contribution in [0, 0.1) is 18.7 Å². The van der Waals surface area contributed by atoms with Crippen LogP contribution in [-0.4, -0.2) is 47.2 Å². The molecule has 0 bridgehead atoms. The van der Waals surface area contributed by atoms with Crippen molar-refractivity contribution in [3.05, 3.63) is 57.9 Å². The van der Waals surface area contributed by atoms with Crippen LogP contribution in [0.1, 0.15) is 35.2 Å². The summed E-state index contributed by atoms with van der Waals surface area (Å²) in [5.41, 5.74) is 1.20. The maximum atomic E-state index is 13.3. The number of rotatable bonds is 6. The van der Waals surface area contributed by atoms with Gasteiger partial charge in [0.2, 0.25) is 11.8 Å². The van der Waals surface area contributed by atoms with Gasteiger partial charge >= 0.3 is 0 Å². The number of anilines is 1. The Morgan fingerprint density at radius 3 is 2.61 bits per heavy atom. The normalized spacial score (nSPS) is 14.2. The van der Waals surface area contributed by atoms with Crippen molar-refractivity contribution in [3.8, 4) is 0 Å². The Balaban J connectivity index is 1.40. The molecule has 7 nitrogen and oxygen atoms in total. The number of hydrogen-bond donors (Lipinski definition) is 2. The fraction of sp³-hybridized carbons (Fsp3) is 0.364. The van der Waals surface area contributed by atoms with Crippen LogP contribution in [0.15, 0.2) is 41.0 Å². The van der Waals surface area contributed by atoms with Crippen molar-refractivity contribution in [1.29, 1.82) is 0 Å². The third kappa shape index (κ3) is 6.33. The minimum Gasteiger partial charge on any atom is -0.351 e. The van der Waals surface area contributed by atoms with Crippen LogP contribution < -0.4 is 10.6 Å². The predicted molar refractivity (Wildman–Crippen MR) is 118 cm³/mol. The van der Waals surface area contributed by atoms with Crippen molar-refractivity contribution < 1.29 is 18.8 Å². The van der Waals surface area contributed by atoms with Crippen molar-refractivity contribution in [2.45, 2.75) is 26.2 Å². The van der Waals surface area contributed by atoms with E-state index in [1.54, 1.807) is 17.2 Å². The molecule has 2 N–H and O–H groups in total. The maximum absolute atomic E-state index is 13.3. The molecule has 2 heterocycles. The molecule has 3 rings (SSSR count). The third-order valence-corrected chi connectivity index (χ3v) is 5.87. The molecule has 0 unspecified atom stereocenters. The van der Waals surface area contributed by atoms with E-state index in [1.807, 2.05) is 13.0 Å². The zero-order chi connectivity index (χ0) is 22.4. The summed E-state index contributed by atoms with van der Waals surface area (Å²) in [5.74, 6) is -0.769. The second-order valence-corrected chi connectivity index (χ2v) is 8.35. The first kappa shape index (κ1) is 22.9. The molecule has 0 radical (unpaired) electrons. The lowest BCUT2D eigenvalue weighted by molar-refractivity contribution is -0.134. The van der Waals surface area contributed by atoms with E-state index in [0.29, 0.717) is 36.2 Å². The van der Waals surface area contributed by atoms with Gasteiger partial charge in [0.25, 0.3) is 5.91 Å². The Bertz CT molecular complexity index is 960. The summed E-state index contributed by atoms with van der Waals surface area (Å²) in [7, 11) is 0. The number of pyridine rings is 1. The molecule has 1 aromatic carbocycles. The van der Waals surface area contributed by atoms with Gasteiger partial charge in [0.1, 0.15) is 11.6 Å². The van der Waals surface area contributed by atoms with Gasteiger partial charge in [0.15, 0.2) is 0 Å². The number of piperidine rings is 1. The number of nitrogens with one attached hydrogen (secondary N) is 2. The van der Waals surface area contributed by atoms with Gasteiger partial charge in [0.05, 0.1) is 5.56 Å². The molecule has 9 heteroatoms. The highest BCUT2D eigenvalue weighted by atomic mass is 79.9. The number of amides is 3. The molecule has 1 aromatic heterocycles. The van der Waals surface area contributed by atoms with Crippen LogP contribution in [0.4, 0.5) is 10.2 Å². The Morgan fingerprint density at radius 1 is 1.19 bits per heavy atom. The van der Waals surface area contributed by atoms with E-state index in [2.05, 4.69) is 31.5 Å². The Hall–Kier alpha value is -2.81. The van der Waals surface area contributed by atoms with Gasteiger partial charge in [-0.15, -0.1) is 0 Å². The van der Waals surface area contributed by atoms with E-state index in [0.717, 1.165) is 11.6 Å². The van der Waals surface area contributed by atoms with E-state index < -0.39 is 11.7 Å². The van der Waals surface area contributed by atoms with Gasteiger partial charge in [-0.1, -0.05) is 6.07 Å². The first-order valence-corrected chi connectivity index (χ1v) is 10.9. The lowest BCUT2D eigenvalue weighted by Crippen LogP contribution is -2.42. The number of halogens is 2. The summed E-state index contributed by atoms with van der Waals surface area (Å²) in [5, 5.41) is 5.46. The lowest BCUT2D eigenvalue weighted by Gasteiger charge is -2.31. The molecule has 31 heavy (non-hydrogen) atoms. The fourth-order valence-electron chi connectivity index (χ4n) is 3.37. The van der Waals surface area contributed by atoms with Crippen LogP contribution >= 0.6 is 15.9 Å². The summed E-state index contributed by atoms with van der Waals surface area (Å²) in [6.45, 7) is 3.06. The van der Waals surface area contributed by atoms with E-state index in [4.69, 9.17) is 0 Å². The van der Waals surface area contributed by atoms with Crippen LogP contribution in [0.25, 0.3) is 0 Å². The number of aryl methyl sites for hydroxylation is 1. The molecule has 3 amide bonds. The highest BCUT2D eigenvalue weighted by Crippen LogP contribution is 2.20. The molecule has 1 saturated heterocycles. The van der Waals surface area contributed by atoms with Gasteiger partial charge < -0.3 is 15.5 Å². The van der Waals surface area contributed by atoms with Crippen LogP contribution in [0.5, 0.6) is 0 Å². The molecule has 0 aliphatic carbocycles. The number of carbonyl (C=O) groups excluding carboxylic acids is 3. The summed E-state index contributed by atoms with van der Waals surface area (Å²) >= 11 is 3.22. The molecule has 1 aliphatic rings. The highest BCUT2D eigenvalue weighted by molar-refractivity contribution is 9.10. The van der Waals surface area contributed by atoms with Crippen LogP contribution in [0.2, 0.25) is 0 Å². The molecule has 1 fully saturated rings. The summed E-state index contributed by atoms with van der Waals surface area (Å²) in [6, 6.07) is 7.51. The van der Waals surface area contributed by atoms with Crippen molar-refractivity contribution in [3.63, 3.8) is 0 Å². The predicted octanol–water partition coefficient (Wildman–Crippen LogP) is 3.29. The largest absolute Gasteiger partial charge is 0.351 e. The number of hydrogen-bond acceptors (Lipinski definition) is 4. The van der Waals surface area contributed by atoms with Gasteiger partial charge in [0, 0.05) is 42.6 Å². The highest BCUT2D eigenvalue weighted by Gasteiger charge is 2.27. The number of carbonyl (C=O) groups is 3. The molecule has 0 saturated carbocycles. The Morgan fingerprint density at radius 2 is 1.94 bits per heavy atom. The molecule has 164 valence electrons. The Labute approximate surface area is 188 Å². The van der Waals surface area contributed by atoms with Crippen molar-refractivity contribution in [2.75, 3.05) is 25.0 Å². The summed E-state index contributed by atoms with van der Waals surface area (Å²) in [6.07, 6.45) is 2.99. The summed E-state index contributed by atoms with van der Waals surface area (Å²) in [4.78, 5) is 42.9. The van der Waals surface area contributed by atoms with Crippen LogP contribution in [-0.2, 0) is 9.59 Å². The SMILES string of the molecule is Cc1ccc(NC(=O)C2CCN(C(=O)CCNC(=O)c3cc(F)ccc3Br)CC2)nc1. The lowest BCUT2D eigenvalue weighted by atomic mass is 9.95. The first-order chi connectivity index (χ1) is 14.8. The smallest absolute Gasteiger partial charge is 0.252 e. The molecule has 1 aliphatic heterocycles. The third-order valence-electron chi connectivity index (χ3n) is 5.18. The van der Waals surface area contributed by atoms with Gasteiger partial charge in [-0.05, 0) is 65.5 Å². The fourth-order valence-corrected chi connectivity index (χ4v) is 3.80.